The Bertz CT molecular complexity index is 690. The monoisotopic (exact) mass is 402 g/mol. The Balaban J connectivity index is 2.04. The van der Waals surface area contributed by atoms with Crippen LogP contribution in [-0.2, 0) is 9.59 Å². The number of carbonyl (C=O) groups is 2. The maximum atomic E-state index is 13.4. The number of anilines is 2. The Hall–Kier alpha value is -2.03. The lowest BCUT2D eigenvalue weighted by Gasteiger charge is -2.07. The molecule has 0 spiro atoms. The molecule has 0 fully saturated rings. The topological polar surface area (TPSA) is 58.2 Å². The zero-order valence-corrected chi connectivity index (χ0v) is 12.6. The van der Waals surface area contributed by atoms with E-state index < -0.39 is 29.1 Å². The van der Waals surface area contributed by atoms with Crippen LogP contribution < -0.4 is 10.6 Å². The summed E-state index contributed by atoms with van der Waals surface area (Å²) in [4.78, 5) is 23.3. The molecule has 0 bridgehead atoms. The average molecular weight is 402 g/mol. The molecule has 0 heterocycles. The lowest BCUT2D eigenvalue weighted by Crippen LogP contribution is -2.29. The van der Waals surface area contributed by atoms with E-state index in [1.807, 2.05) is 5.32 Å². The average Bonchev–Trinajstić information content (AvgIpc) is 2.45. The minimum absolute atomic E-state index is 0.391. The molecule has 2 amide bonds. The standard InChI is InChI=1S/C14H9F2IN2O2/c15-8-1-6-11(16)12(7-8)19-14(21)13(20)18-10-4-2-9(17)3-5-10/h1-7H,(H,18,20)(H,19,21). The van der Waals surface area contributed by atoms with Crippen LogP contribution in [-0.4, -0.2) is 11.8 Å². The van der Waals surface area contributed by atoms with Crippen molar-refractivity contribution in [1.29, 1.82) is 0 Å². The SMILES string of the molecule is O=C(Nc1ccc(I)cc1)C(=O)Nc1cc(F)ccc1F. The van der Waals surface area contributed by atoms with E-state index in [4.69, 9.17) is 0 Å². The van der Waals surface area contributed by atoms with E-state index in [0.717, 1.165) is 21.8 Å². The number of amides is 2. The van der Waals surface area contributed by atoms with Crippen molar-refractivity contribution < 1.29 is 18.4 Å². The lowest BCUT2D eigenvalue weighted by molar-refractivity contribution is -0.133. The van der Waals surface area contributed by atoms with Crippen molar-refractivity contribution in [3.05, 3.63) is 57.7 Å². The molecule has 108 valence electrons. The van der Waals surface area contributed by atoms with E-state index in [2.05, 4.69) is 27.9 Å². The molecular weight excluding hydrogens is 393 g/mol. The van der Waals surface area contributed by atoms with Crippen molar-refractivity contribution in [3.63, 3.8) is 0 Å². The van der Waals surface area contributed by atoms with Crippen molar-refractivity contribution in [2.75, 3.05) is 10.6 Å². The number of rotatable bonds is 2. The first-order valence-corrected chi connectivity index (χ1v) is 6.86. The smallest absolute Gasteiger partial charge is 0.314 e. The van der Waals surface area contributed by atoms with Crippen LogP contribution in [0.15, 0.2) is 42.5 Å². The highest BCUT2D eigenvalue weighted by Crippen LogP contribution is 2.15. The van der Waals surface area contributed by atoms with E-state index in [0.29, 0.717) is 5.69 Å². The molecule has 21 heavy (non-hydrogen) atoms. The van der Waals surface area contributed by atoms with Crippen LogP contribution in [0.1, 0.15) is 0 Å². The minimum atomic E-state index is -1.09. The quantitative estimate of drug-likeness (QED) is 0.599. The van der Waals surface area contributed by atoms with E-state index >= 15 is 0 Å². The summed E-state index contributed by atoms with van der Waals surface area (Å²) in [5.74, 6) is -3.60. The van der Waals surface area contributed by atoms with Gasteiger partial charge in [-0.05, 0) is 59.0 Å². The first-order valence-electron chi connectivity index (χ1n) is 5.78. The number of nitrogens with one attached hydrogen (secondary N) is 2. The van der Waals surface area contributed by atoms with E-state index in [9.17, 15) is 18.4 Å². The van der Waals surface area contributed by atoms with Gasteiger partial charge in [0.25, 0.3) is 0 Å². The molecule has 2 rings (SSSR count). The summed E-state index contributed by atoms with van der Waals surface area (Å²) in [6.45, 7) is 0. The van der Waals surface area contributed by atoms with E-state index in [1.165, 1.54) is 0 Å². The van der Waals surface area contributed by atoms with Crippen LogP contribution in [0, 0.1) is 15.2 Å². The fourth-order valence-corrected chi connectivity index (χ4v) is 1.85. The Labute approximate surface area is 132 Å². The van der Waals surface area contributed by atoms with Crippen LogP contribution in [0.5, 0.6) is 0 Å². The predicted octanol–water partition coefficient (Wildman–Crippen LogP) is 3.15. The van der Waals surface area contributed by atoms with Gasteiger partial charge in [-0.15, -0.1) is 0 Å². The Kier molecular flexibility index (Phi) is 4.84. The highest BCUT2D eigenvalue weighted by Gasteiger charge is 2.16. The van der Waals surface area contributed by atoms with Gasteiger partial charge in [-0.25, -0.2) is 8.78 Å². The normalized spacial score (nSPS) is 10.0. The lowest BCUT2D eigenvalue weighted by atomic mass is 10.3. The van der Waals surface area contributed by atoms with Crippen molar-refractivity contribution in [2.24, 2.45) is 0 Å². The summed E-state index contributed by atoms with van der Waals surface area (Å²) in [5.41, 5.74) is 0.0352. The Morgan fingerprint density at radius 1 is 0.905 bits per heavy atom. The second-order valence-electron chi connectivity index (χ2n) is 4.04. The van der Waals surface area contributed by atoms with Gasteiger partial charge < -0.3 is 10.6 Å². The summed E-state index contributed by atoms with van der Waals surface area (Å²) >= 11 is 2.10. The zero-order chi connectivity index (χ0) is 15.4. The minimum Gasteiger partial charge on any atom is -0.318 e. The van der Waals surface area contributed by atoms with Crippen molar-refractivity contribution in [2.45, 2.75) is 0 Å². The number of carbonyl (C=O) groups excluding carboxylic acids is 2. The zero-order valence-electron chi connectivity index (χ0n) is 10.5. The second-order valence-corrected chi connectivity index (χ2v) is 5.28. The van der Waals surface area contributed by atoms with Gasteiger partial charge >= 0.3 is 11.8 Å². The van der Waals surface area contributed by atoms with Gasteiger partial charge in [0.2, 0.25) is 0 Å². The summed E-state index contributed by atoms with van der Waals surface area (Å²) in [6.07, 6.45) is 0. The van der Waals surface area contributed by atoms with Gasteiger partial charge in [0.1, 0.15) is 11.6 Å². The summed E-state index contributed by atoms with van der Waals surface area (Å²) in [5, 5.41) is 4.37. The predicted molar refractivity (Wildman–Crippen MR) is 82.8 cm³/mol. The molecule has 2 N–H and O–H groups in total. The molecule has 0 aliphatic heterocycles. The number of halogens is 3. The molecule has 0 unspecified atom stereocenters. The van der Waals surface area contributed by atoms with Crippen molar-refractivity contribution in [3.8, 4) is 0 Å². The Morgan fingerprint density at radius 2 is 1.52 bits per heavy atom. The van der Waals surface area contributed by atoms with Gasteiger partial charge in [-0.3, -0.25) is 9.59 Å². The maximum Gasteiger partial charge on any atom is 0.314 e. The largest absolute Gasteiger partial charge is 0.318 e. The highest BCUT2D eigenvalue weighted by molar-refractivity contribution is 14.1. The first-order chi connectivity index (χ1) is 9.95. The summed E-state index contributed by atoms with van der Waals surface area (Å²) in [6, 6.07) is 9.32. The van der Waals surface area contributed by atoms with Gasteiger partial charge in [0, 0.05) is 15.3 Å². The fraction of sp³-hybridized carbons (Fsp3) is 0. The van der Waals surface area contributed by atoms with Gasteiger partial charge in [0.05, 0.1) is 5.69 Å². The van der Waals surface area contributed by atoms with Crippen molar-refractivity contribution in [1.82, 2.24) is 0 Å². The van der Waals surface area contributed by atoms with Gasteiger partial charge in [-0.1, -0.05) is 0 Å². The molecule has 2 aromatic carbocycles. The molecule has 0 radical (unpaired) electrons. The van der Waals surface area contributed by atoms with Crippen LogP contribution in [0.4, 0.5) is 20.2 Å². The third-order valence-corrected chi connectivity index (χ3v) is 3.20. The number of hydrogen-bond donors (Lipinski definition) is 2. The van der Waals surface area contributed by atoms with Crippen LogP contribution in [0.3, 0.4) is 0 Å². The molecular formula is C14H9F2IN2O2. The highest BCUT2D eigenvalue weighted by atomic mass is 127. The molecule has 7 heteroatoms. The molecule has 0 atom stereocenters. The number of benzene rings is 2. The molecule has 0 aliphatic rings. The molecule has 2 aromatic rings. The summed E-state index contributed by atoms with van der Waals surface area (Å²) in [7, 11) is 0. The maximum absolute atomic E-state index is 13.4. The molecule has 0 aromatic heterocycles. The third-order valence-electron chi connectivity index (χ3n) is 2.48. The molecule has 4 nitrogen and oxygen atoms in total. The Morgan fingerprint density at radius 3 is 2.19 bits per heavy atom. The third kappa shape index (κ3) is 4.22. The number of hydrogen-bond acceptors (Lipinski definition) is 2. The molecule has 0 aliphatic carbocycles. The molecule has 0 saturated carbocycles. The van der Waals surface area contributed by atoms with Crippen LogP contribution >= 0.6 is 22.6 Å². The second kappa shape index (κ2) is 6.61. The summed E-state index contributed by atoms with van der Waals surface area (Å²) < 4.78 is 27.3. The van der Waals surface area contributed by atoms with Gasteiger partial charge in [0.15, 0.2) is 0 Å². The van der Waals surface area contributed by atoms with Gasteiger partial charge in [-0.2, -0.15) is 0 Å². The van der Waals surface area contributed by atoms with Crippen LogP contribution in [0.2, 0.25) is 0 Å². The van der Waals surface area contributed by atoms with Crippen molar-refractivity contribution >= 4 is 45.8 Å². The van der Waals surface area contributed by atoms with Crippen LogP contribution in [0.25, 0.3) is 0 Å². The first kappa shape index (κ1) is 15.4. The molecule has 0 saturated heterocycles. The fourth-order valence-electron chi connectivity index (χ4n) is 1.49. The van der Waals surface area contributed by atoms with E-state index in [1.54, 1.807) is 24.3 Å². The van der Waals surface area contributed by atoms with E-state index in [-0.39, 0.29) is 0 Å².